The lowest BCUT2D eigenvalue weighted by atomic mass is 10.2. The lowest BCUT2D eigenvalue weighted by Crippen LogP contribution is -2.40. The van der Waals surface area contributed by atoms with Crippen molar-refractivity contribution in [3.05, 3.63) is 18.2 Å². The Hall–Kier alpha value is -2.32. The summed E-state index contributed by atoms with van der Waals surface area (Å²) in [6, 6.07) is 4.05. The van der Waals surface area contributed by atoms with Crippen LogP contribution in [0.4, 0.5) is 5.69 Å². The molecular weight excluding hydrogens is 326 g/mol. The predicted octanol–water partition coefficient (Wildman–Crippen LogP) is 1.03. The van der Waals surface area contributed by atoms with Crippen LogP contribution < -0.4 is 20.1 Å². The molecule has 0 aliphatic heterocycles. The monoisotopic (exact) mass is 353 g/mol. The average molecular weight is 353 g/mol. The number of ether oxygens (including phenoxy) is 2. The lowest BCUT2D eigenvalue weighted by Gasteiger charge is -2.16. The van der Waals surface area contributed by atoms with Crippen molar-refractivity contribution in [1.29, 1.82) is 0 Å². The van der Waals surface area contributed by atoms with Gasteiger partial charge in [0.1, 0.15) is 17.5 Å². The highest BCUT2D eigenvalue weighted by Gasteiger charge is 2.21. The zero-order valence-corrected chi connectivity index (χ0v) is 15.2. The zero-order valence-electron chi connectivity index (χ0n) is 15.2. The van der Waals surface area contributed by atoms with Gasteiger partial charge in [-0.2, -0.15) is 0 Å². The minimum absolute atomic E-state index is 0.183. The van der Waals surface area contributed by atoms with E-state index in [1.807, 2.05) is 19.0 Å². The average Bonchev–Trinajstić information content (AvgIpc) is 2.56. The summed E-state index contributed by atoms with van der Waals surface area (Å²) in [6.45, 7) is 1.36. The molecule has 0 bridgehead atoms. The fourth-order valence-electron chi connectivity index (χ4n) is 2.22. The molecule has 0 aliphatic carbocycles. The molecule has 0 unspecified atom stereocenters. The maximum atomic E-state index is 12.2. The standard InChI is InChI=1S/C17H27N3O5/c1-20(2)9-5-8-18-14(17(22)23)11-16(21)19-13-10-12(24-3)6-7-15(13)25-4/h6-7,10,14,18H,5,8-9,11H2,1-4H3,(H,19,21)(H,22,23)/t14-/m1/s1. The minimum Gasteiger partial charge on any atom is -0.497 e. The Morgan fingerprint density at radius 1 is 1.24 bits per heavy atom. The predicted molar refractivity (Wildman–Crippen MR) is 95.4 cm³/mol. The van der Waals surface area contributed by atoms with Crippen LogP contribution in [0.1, 0.15) is 12.8 Å². The molecule has 140 valence electrons. The van der Waals surface area contributed by atoms with E-state index < -0.39 is 17.9 Å². The molecule has 0 fully saturated rings. The number of carboxylic acid groups (broad SMARTS) is 1. The van der Waals surface area contributed by atoms with Crippen molar-refractivity contribution in [2.45, 2.75) is 18.9 Å². The highest BCUT2D eigenvalue weighted by Crippen LogP contribution is 2.29. The second-order valence-electron chi connectivity index (χ2n) is 5.82. The molecule has 0 aromatic heterocycles. The van der Waals surface area contributed by atoms with Crippen LogP contribution in [0.25, 0.3) is 0 Å². The largest absolute Gasteiger partial charge is 0.497 e. The van der Waals surface area contributed by atoms with Gasteiger partial charge < -0.3 is 30.1 Å². The van der Waals surface area contributed by atoms with Gasteiger partial charge in [0, 0.05) is 6.07 Å². The summed E-state index contributed by atoms with van der Waals surface area (Å²) in [5, 5.41) is 14.9. The van der Waals surface area contributed by atoms with Crippen molar-refractivity contribution in [3.8, 4) is 11.5 Å². The molecule has 8 nitrogen and oxygen atoms in total. The van der Waals surface area contributed by atoms with Crippen LogP contribution in [0.3, 0.4) is 0 Å². The van der Waals surface area contributed by atoms with Crippen LogP contribution in [0.2, 0.25) is 0 Å². The first-order valence-corrected chi connectivity index (χ1v) is 8.00. The van der Waals surface area contributed by atoms with E-state index in [1.54, 1.807) is 18.2 Å². The first kappa shape index (κ1) is 20.7. The molecule has 0 aliphatic rings. The number of benzene rings is 1. The summed E-state index contributed by atoms with van der Waals surface area (Å²) < 4.78 is 10.3. The number of hydrogen-bond acceptors (Lipinski definition) is 6. The minimum atomic E-state index is -1.06. The van der Waals surface area contributed by atoms with Crippen LogP contribution in [-0.2, 0) is 9.59 Å². The molecule has 1 aromatic rings. The number of carbonyl (C=O) groups is 2. The molecule has 0 saturated carbocycles. The molecule has 1 rings (SSSR count). The molecule has 1 amide bonds. The molecule has 1 aromatic carbocycles. The number of methoxy groups -OCH3 is 2. The molecule has 1 atom stereocenters. The van der Waals surface area contributed by atoms with Gasteiger partial charge in [-0.1, -0.05) is 0 Å². The molecule has 25 heavy (non-hydrogen) atoms. The number of aliphatic carboxylic acids is 1. The Morgan fingerprint density at radius 2 is 1.96 bits per heavy atom. The SMILES string of the molecule is COc1ccc(OC)c(NC(=O)C[C@@H](NCCCN(C)C)C(=O)O)c1. The number of rotatable bonds is 11. The van der Waals surface area contributed by atoms with E-state index in [2.05, 4.69) is 10.6 Å². The molecule has 3 N–H and O–H groups in total. The summed E-state index contributed by atoms with van der Waals surface area (Å²) >= 11 is 0. The summed E-state index contributed by atoms with van der Waals surface area (Å²) in [5.41, 5.74) is 0.434. The van der Waals surface area contributed by atoms with Crippen molar-refractivity contribution in [2.75, 3.05) is 46.7 Å². The van der Waals surface area contributed by atoms with Gasteiger partial charge in [-0.05, 0) is 45.7 Å². The highest BCUT2D eigenvalue weighted by molar-refractivity contribution is 5.95. The van der Waals surface area contributed by atoms with Gasteiger partial charge in [0.2, 0.25) is 5.91 Å². The maximum Gasteiger partial charge on any atom is 0.321 e. The third kappa shape index (κ3) is 7.40. The number of amides is 1. The van der Waals surface area contributed by atoms with Crippen molar-refractivity contribution in [3.63, 3.8) is 0 Å². The first-order chi connectivity index (χ1) is 11.9. The second kappa shape index (κ2) is 10.5. The van der Waals surface area contributed by atoms with E-state index in [9.17, 15) is 14.7 Å². The number of nitrogens with one attached hydrogen (secondary N) is 2. The van der Waals surface area contributed by atoms with Crippen LogP contribution in [0.15, 0.2) is 18.2 Å². The fourth-order valence-corrected chi connectivity index (χ4v) is 2.22. The number of carboxylic acids is 1. The smallest absolute Gasteiger partial charge is 0.321 e. The van der Waals surface area contributed by atoms with Crippen LogP contribution >= 0.6 is 0 Å². The Bertz CT molecular complexity index is 577. The fraction of sp³-hybridized carbons (Fsp3) is 0.529. The van der Waals surface area contributed by atoms with Crippen molar-refractivity contribution < 1.29 is 24.2 Å². The van der Waals surface area contributed by atoms with E-state index in [0.29, 0.717) is 23.7 Å². The van der Waals surface area contributed by atoms with Gasteiger partial charge in [-0.15, -0.1) is 0 Å². The van der Waals surface area contributed by atoms with Gasteiger partial charge in [0.15, 0.2) is 0 Å². The van der Waals surface area contributed by atoms with E-state index >= 15 is 0 Å². The molecule has 0 saturated heterocycles. The van der Waals surface area contributed by atoms with E-state index in [-0.39, 0.29) is 6.42 Å². The van der Waals surface area contributed by atoms with Gasteiger partial charge in [0.05, 0.1) is 26.3 Å². The van der Waals surface area contributed by atoms with Gasteiger partial charge in [-0.25, -0.2) is 0 Å². The molecule has 0 radical (unpaired) electrons. The number of hydrogen-bond donors (Lipinski definition) is 3. The van der Waals surface area contributed by atoms with E-state index in [0.717, 1.165) is 13.0 Å². The quantitative estimate of drug-likeness (QED) is 0.511. The molecule has 0 spiro atoms. The van der Waals surface area contributed by atoms with E-state index in [1.165, 1.54) is 14.2 Å². The first-order valence-electron chi connectivity index (χ1n) is 8.00. The summed E-state index contributed by atoms with van der Waals surface area (Å²) in [5.74, 6) is -0.440. The van der Waals surface area contributed by atoms with Crippen molar-refractivity contribution in [2.24, 2.45) is 0 Å². The Kier molecular flexibility index (Phi) is 8.73. The topological polar surface area (TPSA) is 100 Å². The van der Waals surface area contributed by atoms with Crippen molar-refractivity contribution >= 4 is 17.6 Å². The van der Waals surface area contributed by atoms with Crippen LogP contribution in [0, 0.1) is 0 Å². The number of carbonyl (C=O) groups excluding carboxylic acids is 1. The van der Waals surface area contributed by atoms with Crippen LogP contribution in [0.5, 0.6) is 11.5 Å². The van der Waals surface area contributed by atoms with E-state index in [4.69, 9.17) is 9.47 Å². The summed E-state index contributed by atoms with van der Waals surface area (Å²) in [6.07, 6.45) is 0.611. The van der Waals surface area contributed by atoms with Gasteiger partial charge in [0.25, 0.3) is 0 Å². The summed E-state index contributed by atoms with van der Waals surface area (Å²) in [7, 11) is 6.91. The Morgan fingerprint density at radius 3 is 2.52 bits per heavy atom. The third-order valence-electron chi connectivity index (χ3n) is 3.54. The normalized spacial score (nSPS) is 11.9. The van der Waals surface area contributed by atoms with Crippen molar-refractivity contribution in [1.82, 2.24) is 10.2 Å². The van der Waals surface area contributed by atoms with Gasteiger partial charge >= 0.3 is 5.97 Å². The number of anilines is 1. The maximum absolute atomic E-state index is 12.2. The third-order valence-corrected chi connectivity index (χ3v) is 3.54. The Balaban J connectivity index is 2.64. The lowest BCUT2D eigenvalue weighted by molar-refractivity contribution is -0.141. The second-order valence-corrected chi connectivity index (χ2v) is 5.82. The molecular formula is C17H27N3O5. The Labute approximate surface area is 148 Å². The highest BCUT2D eigenvalue weighted by atomic mass is 16.5. The molecule has 0 heterocycles. The molecule has 8 heteroatoms. The van der Waals surface area contributed by atoms with Crippen LogP contribution in [-0.4, -0.2) is 69.3 Å². The van der Waals surface area contributed by atoms with Gasteiger partial charge in [-0.3, -0.25) is 9.59 Å². The zero-order chi connectivity index (χ0) is 18.8. The summed E-state index contributed by atoms with van der Waals surface area (Å²) in [4.78, 5) is 25.6. The number of nitrogens with zero attached hydrogens (tertiary/aromatic N) is 1.